The van der Waals surface area contributed by atoms with Crippen LogP contribution in [-0.2, 0) is 0 Å². The summed E-state index contributed by atoms with van der Waals surface area (Å²) in [6, 6.07) is 12.8. The second-order valence-corrected chi connectivity index (χ2v) is 4.96. The lowest BCUT2D eigenvalue weighted by Gasteiger charge is -2.04. The van der Waals surface area contributed by atoms with Crippen LogP contribution in [0.2, 0.25) is 0 Å². The van der Waals surface area contributed by atoms with Crippen LogP contribution in [0.1, 0.15) is 21.5 Å². The van der Waals surface area contributed by atoms with Crippen LogP contribution in [0.3, 0.4) is 0 Å². The van der Waals surface area contributed by atoms with Crippen LogP contribution < -0.4 is 5.43 Å². The third kappa shape index (κ3) is 2.56. The molecule has 0 aliphatic heterocycles. The summed E-state index contributed by atoms with van der Waals surface area (Å²) in [7, 11) is 0. The van der Waals surface area contributed by atoms with Gasteiger partial charge in [0.1, 0.15) is 5.75 Å². The molecule has 3 rings (SSSR count). The molecule has 3 N–H and O–H groups in total. The maximum atomic E-state index is 12.0. The molecule has 1 amide bonds. The van der Waals surface area contributed by atoms with E-state index in [0.29, 0.717) is 5.56 Å². The molecule has 5 nitrogen and oxygen atoms in total. The molecule has 1 heterocycles. The predicted octanol–water partition coefficient (Wildman–Crippen LogP) is 2.95. The van der Waals surface area contributed by atoms with Crippen molar-refractivity contribution in [1.82, 2.24) is 10.4 Å². The van der Waals surface area contributed by atoms with Crippen molar-refractivity contribution < 1.29 is 9.90 Å². The average Bonchev–Trinajstić information content (AvgIpc) is 2.93. The summed E-state index contributed by atoms with van der Waals surface area (Å²) in [6.45, 7) is 1.74. The van der Waals surface area contributed by atoms with Gasteiger partial charge in [0.25, 0.3) is 5.91 Å². The quantitative estimate of drug-likeness (QED) is 0.513. The number of para-hydroxylation sites is 2. The molecule has 0 spiro atoms. The van der Waals surface area contributed by atoms with E-state index < -0.39 is 5.91 Å². The number of nitrogens with one attached hydrogen (secondary N) is 2. The molecule has 22 heavy (non-hydrogen) atoms. The van der Waals surface area contributed by atoms with Crippen molar-refractivity contribution in [2.24, 2.45) is 5.10 Å². The molecule has 0 unspecified atom stereocenters. The maximum absolute atomic E-state index is 12.0. The number of benzene rings is 2. The van der Waals surface area contributed by atoms with Crippen LogP contribution in [0.4, 0.5) is 0 Å². The summed E-state index contributed by atoms with van der Waals surface area (Å²) in [6.07, 6.45) is 3.40. The number of fused-ring (bicyclic) bond motifs is 1. The molecule has 0 saturated carbocycles. The van der Waals surface area contributed by atoms with Gasteiger partial charge in [0.15, 0.2) is 0 Å². The Balaban J connectivity index is 1.77. The number of phenolic OH excluding ortho intramolecular Hbond substituents is 1. The second kappa shape index (κ2) is 5.73. The number of H-pyrrole nitrogens is 1. The monoisotopic (exact) mass is 293 g/mol. The molecule has 2 aromatic carbocycles. The summed E-state index contributed by atoms with van der Waals surface area (Å²) >= 11 is 0. The van der Waals surface area contributed by atoms with E-state index in [2.05, 4.69) is 15.5 Å². The number of rotatable bonds is 3. The van der Waals surface area contributed by atoms with E-state index in [1.165, 1.54) is 0 Å². The Labute approximate surface area is 127 Å². The van der Waals surface area contributed by atoms with Crippen molar-refractivity contribution in [1.29, 1.82) is 0 Å². The van der Waals surface area contributed by atoms with Gasteiger partial charge in [0.2, 0.25) is 0 Å². The number of hydrazone groups is 1. The first-order valence-electron chi connectivity index (χ1n) is 6.85. The highest BCUT2D eigenvalue weighted by Gasteiger charge is 2.11. The summed E-state index contributed by atoms with van der Waals surface area (Å²) < 4.78 is 0. The van der Waals surface area contributed by atoms with Crippen molar-refractivity contribution >= 4 is 23.0 Å². The first-order chi connectivity index (χ1) is 10.7. The molecule has 1 aromatic heterocycles. The van der Waals surface area contributed by atoms with Crippen molar-refractivity contribution in [2.75, 3.05) is 0 Å². The van der Waals surface area contributed by atoms with Crippen LogP contribution in [0.5, 0.6) is 5.75 Å². The zero-order valence-corrected chi connectivity index (χ0v) is 12.0. The molecule has 0 bridgehead atoms. The molecule has 5 heteroatoms. The van der Waals surface area contributed by atoms with Crippen LogP contribution in [0.25, 0.3) is 10.9 Å². The highest BCUT2D eigenvalue weighted by Crippen LogP contribution is 2.21. The Hall–Kier alpha value is -3.08. The number of aromatic amines is 1. The van der Waals surface area contributed by atoms with E-state index >= 15 is 0 Å². The molecule has 0 aliphatic carbocycles. The molecule has 110 valence electrons. The lowest BCUT2D eigenvalue weighted by atomic mass is 10.1. The number of aromatic hydroxyl groups is 1. The minimum Gasteiger partial charge on any atom is -0.507 e. The van der Waals surface area contributed by atoms with Gasteiger partial charge in [-0.3, -0.25) is 4.79 Å². The summed E-state index contributed by atoms with van der Waals surface area (Å²) in [4.78, 5) is 15.1. The van der Waals surface area contributed by atoms with E-state index in [9.17, 15) is 9.90 Å². The smallest absolute Gasteiger partial charge is 0.275 e. The molecular formula is C17H15N3O2. The van der Waals surface area contributed by atoms with Gasteiger partial charge in [-0.25, -0.2) is 5.43 Å². The van der Waals surface area contributed by atoms with Gasteiger partial charge in [-0.15, -0.1) is 0 Å². The van der Waals surface area contributed by atoms with E-state index in [1.54, 1.807) is 31.3 Å². The maximum Gasteiger partial charge on any atom is 0.275 e. The number of hydrogen-bond donors (Lipinski definition) is 3. The van der Waals surface area contributed by atoms with Crippen LogP contribution in [0.15, 0.2) is 53.8 Å². The number of amides is 1. The minimum absolute atomic E-state index is 0.0257. The fourth-order valence-electron chi connectivity index (χ4n) is 2.26. The zero-order chi connectivity index (χ0) is 15.5. The zero-order valence-electron chi connectivity index (χ0n) is 12.0. The number of nitrogens with zero attached hydrogens (tertiary/aromatic N) is 1. The Kier molecular flexibility index (Phi) is 3.62. The summed E-state index contributed by atoms with van der Waals surface area (Å²) in [5.41, 5.74) is 5.16. The van der Waals surface area contributed by atoms with Crippen molar-refractivity contribution in [3.8, 4) is 5.75 Å². The Morgan fingerprint density at radius 1 is 1.23 bits per heavy atom. The number of carbonyl (C=O) groups is 1. The lowest BCUT2D eigenvalue weighted by molar-refractivity contribution is 0.0952. The van der Waals surface area contributed by atoms with Crippen molar-refractivity contribution in [3.63, 3.8) is 0 Å². The highest BCUT2D eigenvalue weighted by atomic mass is 16.3. The van der Waals surface area contributed by atoms with Gasteiger partial charge in [-0.05, 0) is 24.6 Å². The molecule has 0 aliphatic rings. The summed E-state index contributed by atoms with van der Waals surface area (Å²) in [5, 5.41) is 14.9. The molecule has 0 radical (unpaired) electrons. The van der Waals surface area contributed by atoms with Crippen LogP contribution in [0, 0.1) is 6.92 Å². The molecular weight excluding hydrogens is 278 g/mol. The third-order valence-corrected chi connectivity index (χ3v) is 3.47. The van der Waals surface area contributed by atoms with Crippen molar-refractivity contribution in [2.45, 2.75) is 6.92 Å². The van der Waals surface area contributed by atoms with Gasteiger partial charge >= 0.3 is 0 Å². The second-order valence-electron chi connectivity index (χ2n) is 4.96. The van der Waals surface area contributed by atoms with Crippen LogP contribution >= 0.6 is 0 Å². The van der Waals surface area contributed by atoms with Crippen molar-refractivity contribution in [3.05, 3.63) is 65.4 Å². The van der Waals surface area contributed by atoms with E-state index in [4.69, 9.17) is 0 Å². The molecule has 3 aromatic rings. The van der Waals surface area contributed by atoms with E-state index in [0.717, 1.165) is 16.5 Å². The van der Waals surface area contributed by atoms with Crippen LogP contribution in [-0.4, -0.2) is 22.2 Å². The topological polar surface area (TPSA) is 77.5 Å². The lowest BCUT2D eigenvalue weighted by Crippen LogP contribution is -2.17. The number of aromatic nitrogens is 1. The minimum atomic E-state index is -0.447. The Morgan fingerprint density at radius 3 is 2.91 bits per heavy atom. The Bertz CT molecular complexity index is 865. The SMILES string of the molecule is Cc1cccc(C(=O)N/N=C/c2c[nH]c3ccccc23)c1O. The standard InChI is InChI=1S/C17H15N3O2/c1-11-5-4-7-14(16(11)21)17(22)20-19-10-12-9-18-15-8-3-2-6-13(12)15/h2-10,18,21H,1H3,(H,20,22)/b19-10+. The fraction of sp³-hybridized carbons (Fsp3) is 0.0588. The number of hydrogen-bond acceptors (Lipinski definition) is 3. The third-order valence-electron chi connectivity index (χ3n) is 3.47. The fourth-order valence-corrected chi connectivity index (χ4v) is 2.26. The Morgan fingerprint density at radius 2 is 2.05 bits per heavy atom. The summed E-state index contributed by atoms with van der Waals surface area (Å²) in [5.74, 6) is -0.473. The first kappa shape index (κ1) is 13.9. The first-order valence-corrected chi connectivity index (χ1v) is 6.85. The van der Waals surface area contributed by atoms with E-state index in [-0.39, 0.29) is 11.3 Å². The largest absolute Gasteiger partial charge is 0.507 e. The van der Waals surface area contributed by atoms with Gasteiger partial charge in [0, 0.05) is 22.7 Å². The normalized spacial score (nSPS) is 11.1. The number of aryl methyl sites for hydroxylation is 1. The molecule has 0 fully saturated rings. The molecule has 0 saturated heterocycles. The predicted molar refractivity (Wildman–Crippen MR) is 86.2 cm³/mol. The van der Waals surface area contributed by atoms with E-state index in [1.807, 2.05) is 30.5 Å². The average molecular weight is 293 g/mol. The van der Waals surface area contributed by atoms with Gasteiger partial charge < -0.3 is 10.1 Å². The van der Waals surface area contributed by atoms with Gasteiger partial charge in [-0.1, -0.05) is 30.3 Å². The number of phenols is 1. The number of carbonyl (C=O) groups excluding carboxylic acids is 1. The van der Waals surface area contributed by atoms with Gasteiger partial charge in [0.05, 0.1) is 11.8 Å². The highest BCUT2D eigenvalue weighted by molar-refractivity contribution is 6.01. The van der Waals surface area contributed by atoms with Gasteiger partial charge in [-0.2, -0.15) is 5.10 Å². The molecule has 0 atom stereocenters.